The largest absolute Gasteiger partial charge is 0.351 e. The molecule has 1 aliphatic rings. The van der Waals surface area contributed by atoms with Crippen LogP contribution in [0.15, 0.2) is 16.1 Å². The van der Waals surface area contributed by atoms with Crippen molar-refractivity contribution in [2.24, 2.45) is 0 Å². The fourth-order valence-corrected chi connectivity index (χ4v) is 4.09. The Morgan fingerprint density at radius 3 is 2.60 bits per heavy atom. The quantitative estimate of drug-likeness (QED) is 0.828. The summed E-state index contributed by atoms with van der Waals surface area (Å²) in [5.41, 5.74) is -0.0488. The van der Waals surface area contributed by atoms with Gasteiger partial charge in [-0.2, -0.15) is 5.10 Å². The molecular formula is C17H25N5O2S. The fraction of sp³-hybridized carbons (Fsp3) is 0.647. The topological polar surface area (TPSA) is 81.8 Å². The number of amides is 1. The summed E-state index contributed by atoms with van der Waals surface area (Å²) in [6, 6.07) is -0.176. The van der Waals surface area contributed by atoms with Gasteiger partial charge in [0, 0.05) is 17.7 Å². The first-order chi connectivity index (χ1) is 11.5. The highest BCUT2D eigenvalue weighted by Gasteiger charge is 2.31. The van der Waals surface area contributed by atoms with Crippen LogP contribution in [0, 0.1) is 0 Å². The molecule has 1 N–H and O–H groups in total. The highest BCUT2D eigenvalue weighted by molar-refractivity contribution is 7.99. The summed E-state index contributed by atoms with van der Waals surface area (Å²) in [5.74, 6) is 0.623. The summed E-state index contributed by atoms with van der Waals surface area (Å²) < 4.78 is 3.44. The lowest BCUT2D eigenvalue weighted by molar-refractivity contribution is -0.123. The SMILES string of the molecule is CC(C)(C)NC(=O)CC1CSc2nc3c(cnn3C(C)(C)C)c(=O)n21. The van der Waals surface area contributed by atoms with E-state index in [-0.39, 0.29) is 35.0 Å². The molecule has 0 aliphatic carbocycles. The Kier molecular flexibility index (Phi) is 4.21. The van der Waals surface area contributed by atoms with Gasteiger partial charge in [-0.15, -0.1) is 0 Å². The standard InChI is InChI=1S/C17H25N5O2S/c1-16(2,3)20-12(23)7-10-9-25-15-19-13-11(14(24)21(10)15)8-18-22(13)17(4,5)6/h8,10H,7,9H2,1-6H3,(H,20,23). The van der Waals surface area contributed by atoms with E-state index in [2.05, 4.69) is 15.4 Å². The highest BCUT2D eigenvalue weighted by Crippen LogP contribution is 2.33. The van der Waals surface area contributed by atoms with Crippen LogP contribution in [0.5, 0.6) is 0 Å². The molecule has 1 amide bonds. The summed E-state index contributed by atoms with van der Waals surface area (Å²) >= 11 is 1.52. The molecule has 1 atom stereocenters. The van der Waals surface area contributed by atoms with Gasteiger partial charge >= 0.3 is 0 Å². The summed E-state index contributed by atoms with van der Waals surface area (Å²) in [5, 5.41) is 8.48. The van der Waals surface area contributed by atoms with Crippen LogP contribution in [0.1, 0.15) is 54.0 Å². The zero-order valence-electron chi connectivity index (χ0n) is 15.6. The van der Waals surface area contributed by atoms with Crippen molar-refractivity contribution in [3.63, 3.8) is 0 Å². The zero-order valence-corrected chi connectivity index (χ0v) is 16.4. The molecule has 3 heterocycles. The van der Waals surface area contributed by atoms with E-state index in [0.717, 1.165) is 0 Å². The normalized spacial score (nSPS) is 17.8. The lowest BCUT2D eigenvalue weighted by atomic mass is 10.1. The number of hydrogen-bond acceptors (Lipinski definition) is 5. The van der Waals surface area contributed by atoms with Gasteiger partial charge in [-0.3, -0.25) is 14.2 Å². The third-order valence-electron chi connectivity index (χ3n) is 3.94. The van der Waals surface area contributed by atoms with Crippen LogP contribution in [0.3, 0.4) is 0 Å². The Morgan fingerprint density at radius 2 is 2.00 bits per heavy atom. The number of nitrogens with one attached hydrogen (secondary N) is 1. The van der Waals surface area contributed by atoms with Crippen molar-refractivity contribution in [2.45, 2.75) is 70.2 Å². The second-order valence-corrected chi connectivity index (χ2v) is 9.49. The summed E-state index contributed by atoms with van der Waals surface area (Å²) in [6.07, 6.45) is 1.86. The molecule has 0 bridgehead atoms. The Labute approximate surface area is 151 Å². The fourth-order valence-electron chi connectivity index (χ4n) is 2.96. The van der Waals surface area contributed by atoms with Gasteiger partial charge in [-0.05, 0) is 41.5 Å². The third-order valence-corrected chi connectivity index (χ3v) is 5.04. The molecular weight excluding hydrogens is 338 g/mol. The van der Waals surface area contributed by atoms with E-state index in [0.29, 0.717) is 21.9 Å². The van der Waals surface area contributed by atoms with E-state index in [1.165, 1.54) is 11.8 Å². The minimum atomic E-state index is -0.285. The van der Waals surface area contributed by atoms with Crippen LogP contribution in [-0.4, -0.2) is 36.5 Å². The molecule has 1 unspecified atom stereocenters. The lowest BCUT2D eigenvalue weighted by Gasteiger charge is -2.22. The molecule has 0 spiro atoms. The van der Waals surface area contributed by atoms with Crippen LogP contribution >= 0.6 is 11.8 Å². The number of thioether (sulfide) groups is 1. The van der Waals surface area contributed by atoms with Crippen LogP contribution < -0.4 is 10.9 Å². The van der Waals surface area contributed by atoms with Crippen molar-refractivity contribution in [1.82, 2.24) is 24.6 Å². The first kappa shape index (κ1) is 18.0. The second kappa shape index (κ2) is 5.86. The molecule has 7 nitrogen and oxygen atoms in total. The van der Waals surface area contributed by atoms with Crippen molar-refractivity contribution >= 4 is 28.7 Å². The van der Waals surface area contributed by atoms with Crippen LogP contribution in [0.4, 0.5) is 0 Å². The number of rotatable bonds is 2. The van der Waals surface area contributed by atoms with Crippen LogP contribution in [0.2, 0.25) is 0 Å². The van der Waals surface area contributed by atoms with Crippen LogP contribution in [-0.2, 0) is 10.3 Å². The number of carbonyl (C=O) groups is 1. The Hall–Kier alpha value is -1.83. The summed E-state index contributed by atoms with van der Waals surface area (Å²) in [7, 11) is 0. The predicted octanol–water partition coefficient (Wildman–Crippen LogP) is 2.30. The minimum absolute atomic E-state index is 0.0525. The van der Waals surface area contributed by atoms with Crippen molar-refractivity contribution in [2.75, 3.05) is 5.75 Å². The maximum Gasteiger partial charge on any atom is 0.265 e. The van der Waals surface area contributed by atoms with E-state index < -0.39 is 0 Å². The van der Waals surface area contributed by atoms with E-state index in [1.807, 2.05) is 41.5 Å². The first-order valence-corrected chi connectivity index (χ1v) is 9.40. The van der Waals surface area contributed by atoms with Gasteiger partial charge in [0.2, 0.25) is 5.91 Å². The number of nitrogens with zero attached hydrogens (tertiary/aromatic N) is 4. The van der Waals surface area contributed by atoms with Gasteiger partial charge in [0.05, 0.1) is 17.8 Å². The molecule has 2 aromatic heterocycles. The Morgan fingerprint density at radius 1 is 1.32 bits per heavy atom. The molecule has 136 valence electrons. The van der Waals surface area contributed by atoms with E-state index in [9.17, 15) is 9.59 Å². The van der Waals surface area contributed by atoms with Crippen molar-refractivity contribution < 1.29 is 4.79 Å². The molecule has 0 fully saturated rings. The Bertz CT molecular complexity index is 885. The molecule has 1 aliphatic heterocycles. The van der Waals surface area contributed by atoms with Gasteiger partial charge in [0.1, 0.15) is 5.39 Å². The zero-order chi connectivity index (χ0) is 18.6. The molecule has 0 saturated carbocycles. The van der Waals surface area contributed by atoms with Gasteiger partial charge in [0.15, 0.2) is 10.8 Å². The second-order valence-electron chi connectivity index (χ2n) is 8.50. The maximum absolute atomic E-state index is 13.0. The minimum Gasteiger partial charge on any atom is -0.351 e. The number of fused-ring (bicyclic) bond motifs is 2. The average Bonchev–Trinajstić information content (AvgIpc) is 3.01. The van der Waals surface area contributed by atoms with Crippen LogP contribution in [0.25, 0.3) is 11.0 Å². The highest BCUT2D eigenvalue weighted by atomic mass is 32.2. The molecule has 0 saturated heterocycles. The Balaban J connectivity index is 1.98. The molecule has 0 aromatic carbocycles. The maximum atomic E-state index is 13.0. The van der Waals surface area contributed by atoms with Gasteiger partial charge in [-0.1, -0.05) is 11.8 Å². The molecule has 2 aromatic rings. The van der Waals surface area contributed by atoms with E-state index in [4.69, 9.17) is 0 Å². The first-order valence-electron chi connectivity index (χ1n) is 8.42. The van der Waals surface area contributed by atoms with Crippen molar-refractivity contribution in [3.8, 4) is 0 Å². The number of hydrogen-bond donors (Lipinski definition) is 1. The predicted molar refractivity (Wildman–Crippen MR) is 99.1 cm³/mol. The monoisotopic (exact) mass is 363 g/mol. The van der Waals surface area contributed by atoms with E-state index in [1.54, 1.807) is 15.4 Å². The van der Waals surface area contributed by atoms with Crippen molar-refractivity contribution in [3.05, 3.63) is 16.6 Å². The number of aromatic nitrogens is 4. The smallest absolute Gasteiger partial charge is 0.265 e. The number of carbonyl (C=O) groups excluding carboxylic acids is 1. The van der Waals surface area contributed by atoms with Gasteiger partial charge < -0.3 is 5.32 Å². The third kappa shape index (κ3) is 3.44. The van der Waals surface area contributed by atoms with E-state index >= 15 is 0 Å². The lowest BCUT2D eigenvalue weighted by Crippen LogP contribution is -2.42. The molecule has 3 rings (SSSR count). The molecule has 8 heteroatoms. The summed E-state index contributed by atoms with van der Waals surface area (Å²) in [4.78, 5) is 29.9. The molecule has 0 radical (unpaired) electrons. The van der Waals surface area contributed by atoms with Gasteiger partial charge in [-0.25, -0.2) is 9.67 Å². The van der Waals surface area contributed by atoms with Crippen molar-refractivity contribution in [1.29, 1.82) is 0 Å². The molecule has 25 heavy (non-hydrogen) atoms. The average molecular weight is 363 g/mol. The van der Waals surface area contributed by atoms with Gasteiger partial charge in [0.25, 0.3) is 5.56 Å². The summed E-state index contributed by atoms with van der Waals surface area (Å²) in [6.45, 7) is 11.9.